The molecule has 0 N–H and O–H groups in total. The fourth-order valence-corrected chi connectivity index (χ4v) is 4.12. The molecule has 0 aromatic heterocycles. The average Bonchev–Trinajstić information content (AvgIpc) is 2.57. The molecule has 3 rings (SSSR count). The van der Waals surface area contributed by atoms with Crippen molar-refractivity contribution in [2.24, 2.45) is 0 Å². The number of aldehydes is 1. The van der Waals surface area contributed by atoms with Gasteiger partial charge in [-0.1, -0.05) is 45.9 Å². The molecule has 1 aliphatic carbocycles. The van der Waals surface area contributed by atoms with Crippen molar-refractivity contribution in [3.8, 4) is 11.1 Å². The number of rotatable bonds is 2. The van der Waals surface area contributed by atoms with Gasteiger partial charge in [-0.25, -0.2) is 0 Å². The third-order valence-electron chi connectivity index (χ3n) is 5.97. The van der Waals surface area contributed by atoms with Gasteiger partial charge in [-0.3, -0.25) is 4.79 Å². The summed E-state index contributed by atoms with van der Waals surface area (Å²) in [5.74, 6) is 0. The molecule has 0 saturated carbocycles. The third-order valence-corrected chi connectivity index (χ3v) is 5.97. The summed E-state index contributed by atoms with van der Waals surface area (Å²) in [5, 5.41) is 0. The fraction of sp³-hybridized carbons (Fsp3) is 0.435. The van der Waals surface area contributed by atoms with Crippen LogP contribution in [0.15, 0.2) is 30.3 Å². The molecule has 0 atom stereocenters. The molecule has 1 aliphatic rings. The van der Waals surface area contributed by atoms with Crippen LogP contribution < -0.4 is 0 Å². The van der Waals surface area contributed by atoms with Gasteiger partial charge in [-0.15, -0.1) is 0 Å². The Morgan fingerprint density at radius 3 is 1.96 bits per heavy atom. The SMILES string of the molecule is Cc1cc2c(cc1-c1cc(C=O)ccc1C(F)(F)F)C(C)(C)CCC2(C)C. The predicted molar refractivity (Wildman–Crippen MR) is 102 cm³/mol. The van der Waals surface area contributed by atoms with E-state index in [-0.39, 0.29) is 22.0 Å². The smallest absolute Gasteiger partial charge is 0.298 e. The van der Waals surface area contributed by atoms with Crippen LogP contribution in [0.2, 0.25) is 0 Å². The first-order valence-electron chi connectivity index (χ1n) is 9.19. The Kier molecular flexibility index (Phi) is 4.53. The van der Waals surface area contributed by atoms with Crippen LogP contribution in [0.3, 0.4) is 0 Å². The zero-order chi connectivity index (χ0) is 20.2. The van der Waals surface area contributed by atoms with Gasteiger partial charge < -0.3 is 0 Å². The number of halogens is 3. The number of aryl methyl sites for hydroxylation is 1. The van der Waals surface area contributed by atoms with Gasteiger partial charge in [-0.05, 0) is 70.5 Å². The summed E-state index contributed by atoms with van der Waals surface area (Å²) in [6.07, 6.45) is -1.87. The lowest BCUT2D eigenvalue weighted by Crippen LogP contribution is -2.34. The number of carbonyl (C=O) groups is 1. The van der Waals surface area contributed by atoms with Gasteiger partial charge in [0.25, 0.3) is 0 Å². The first-order valence-corrected chi connectivity index (χ1v) is 9.19. The van der Waals surface area contributed by atoms with Crippen LogP contribution in [-0.4, -0.2) is 6.29 Å². The van der Waals surface area contributed by atoms with Crippen molar-refractivity contribution in [3.63, 3.8) is 0 Å². The molecule has 0 radical (unpaired) electrons. The van der Waals surface area contributed by atoms with Crippen LogP contribution in [0.5, 0.6) is 0 Å². The van der Waals surface area contributed by atoms with Crippen molar-refractivity contribution in [2.75, 3.05) is 0 Å². The largest absolute Gasteiger partial charge is 0.417 e. The molecule has 2 aromatic carbocycles. The molecule has 0 amide bonds. The normalized spacial score (nSPS) is 18.1. The number of fused-ring (bicyclic) bond motifs is 1. The molecule has 0 spiro atoms. The highest BCUT2D eigenvalue weighted by molar-refractivity contribution is 5.82. The minimum absolute atomic E-state index is 0.00829. The summed E-state index contributed by atoms with van der Waals surface area (Å²) in [6, 6.07) is 7.54. The summed E-state index contributed by atoms with van der Waals surface area (Å²) in [4.78, 5) is 11.2. The van der Waals surface area contributed by atoms with Crippen LogP contribution in [0.25, 0.3) is 11.1 Å². The molecule has 27 heavy (non-hydrogen) atoms. The highest BCUT2D eigenvalue weighted by Gasteiger charge is 2.39. The van der Waals surface area contributed by atoms with E-state index in [0.717, 1.165) is 30.0 Å². The fourth-order valence-electron chi connectivity index (χ4n) is 4.12. The predicted octanol–water partition coefficient (Wildman–Crippen LogP) is 6.84. The molecular weight excluding hydrogens is 349 g/mol. The van der Waals surface area contributed by atoms with Gasteiger partial charge in [0.1, 0.15) is 6.29 Å². The number of hydrogen-bond donors (Lipinski definition) is 0. The van der Waals surface area contributed by atoms with E-state index >= 15 is 0 Å². The molecule has 0 saturated heterocycles. The number of carbonyl (C=O) groups excluding carboxylic acids is 1. The topological polar surface area (TPSA) is 17.1 Å². The second-order valence-corrected chi connectivity index (χ2v) is 8.90. The van der Waals surface area contributed by atoms with Gasteiger partial charge in [0, 0.05) is 5.56 Å². The van der Waals surface area contributed by atoms with Gasteiger partial charge in [0.2, 0.25) is 0 Å². The maximum atomic E-state index is 13.6. The Balaban J connectivity index is 2.33. The van der Waals surface area contributed by atoms with Crippen LogP contribution in [0.1, 0.15) is 73.1 Å². The van der Waals surface area contributed by atoms with Crippen LogP contribution >= 0.6 is 0 Å². The monoisotopic (exact) mass is 374 g/mol. The van der Waals surface area contributed by atoms with Crippen molar-refractivity contribution < 1.29 is 18.0 Å². The number of benzene rings is 2. The summed E-state index contributed by atoms with van der Waals surface area (Å²) in [5.41, 5.74) is 3.16. The molecule has 0 aliphatic heterocycles. The Labute approximate surface area is 158 Å². The van der Waals surface area contributed by atoms with E-state index in [1.165, 1.54) is 17.7 Å². The number of alkyl halides is 3. The molecule has 2 aromatic rings. The highest BCUT2D eigenvalue weighted by atomic mass is 19.4. The summed E-state index contributed by atoms with van der Waals surface area (Å²) >= 11 is 0. The van der Waals surface area contributed by atoms with E-state index < -0.39 is 11.7 Å². The van der Waals surface area contributed by atoms with Gasteiger partial charge in [0.05, 0.1) is 5.56 Å². The van der Waals surface area contributed by atoms with Gasteiger partial charge in [-0.2, -0.15) is 13.2 Å². The Bertz CT molecular complexity index is 905. The van der Waals surface area contributed by atoms with Crippen molar-refractivity contribution in [3.05, 3.63) is 58.1 Å². The molecule has 0 unspecified atom stereocenters. The maximum Gasteiger partial charge on any atom is 0.417 e. The molecule has 0 heterocycles. The van der Waals surface area contributed by atoms with Crippen LogP contribution in [0, 0.1) is 6.92 Å². The molecule has 1 nitrogen and oxygen atoms in total. The van der Waals surface area contributed by atoms with Gasteiger partial charge in [0.15, 0.2) is 0 Å². The van der Waals surface area contributed by atoms with Crippen molar-refractivity contribution in [1.82, 2.24) is 0 Å². The summed E-state index contributed by atoms with van der Waals surface area (Å²) < 4.78 is 40.9. The van der Waals surface area contributed by atoms with Crippen molar-refractivity contribution in [2.45, 2.75) is 64.5 Å². The lowest BCUT2D eigenvalue weighted by molar-refractivity contribution is -0.137. The maximum absolute atomic E-state index is 13.6. The second kappa shape index (κ2) is 6.22. The highest BCUT2D eigenvalue weighted by Crippen LogP contribution is 2.48. The zero-order valence-electron chi connectivity index (χ0n) is 16.4. The lowest BCUT2D eigenvalue weighted by atomic mass is 9.62. The Hall–Kier alpha value is -2.10. The molecular formula is C23H25F3O. The third kappa shape index (κ3) is 3.42. The van der Waals surface area contributed by atoms with Crippen LogP contribution in [0.4, 0.5) is 13.2 Å². The Morgan fingerprint density at radius 2 is 1.44 bits per heavy atom. The minimum atomic E-state index is -4.48. The minimum Gasteiger partial charge on any atom is -0.298 e. The van der Waals surface area contributed by atoms with Crippen molar-refractivity contribution in [1.29, 1.82) is 0 Å². The average molecular weight is 374 g/mol. The lowest BCUT2D eigenvalue weighted by Gasteiger charge is -2.42. The quantitative estimate of drug-likeness (QED) is 0.526. The van der Waals surface area contributed by atoms with E-state index in [0.29, 0.717) is 11.8 Å². The van der Waals surface area contributed by atoms with Crippen molar-refractivity contribution >= 4 is 6.29 Å². The van der Waals surface area contributed by atoms with E-state index in [1.54, 1.807) is 0 Å². The Morgan fingerprint density at radius 1 is 0.889 bits per heavy atom. The molecule has 0 bridgehead atoms. The van der Waals surface area contributed by atoms with E-state index in [4.69, 9.17) is 0 Å². The molecule has 0 fully saturated rings. The molecule has 144 valence electrons. The van der Waals surface area contributed by atoms with Crippen LogP contribution in [-0.2, 0) is 17.0 Å². The van der Waals surface area contributed by atoms with Gasteiger partial charge >= 0.3 is 6.18 Å². The van der Waals surface area contributed by atoms with E-state index in [2.05, 4.69) is 27.7 Å². The second-order valence-electron chi connectivity index (χ2n) is 8.90. The first-order chi connectivity index (χ1) is 12.4. The van der Waals surface area contributed by atoms with E-state index in [1.807, 2.05) is 19.1 Å². The van der Waals surface area contributed by atoms with E-state index in [9.17, 15) is 18.0 Å². The zero-order valence-corrected chi connectivity index (χ0v) is 16.4. The number of hydrogen-bond acceptors (Lipinski definition) is 1. The summed E-state index contributed by atoms with van der Waals surface area (Å²) in [6.45, 7) is 10.5. The summed E-state index contributed by atoms with van der Waals surface area (Å²) in [7, 11) is 0. The standard InChI is InChI=1S/C23H25F3O/c1-14-10-19-20(22(4,5)9-8-21(19,2)3)12-16(14)17-11-15(13-27)6-7-18(17)23(24,25)26/h6-7,10-13H,8-9H2,1-5H3. The first kappa shape index (κ1) is 19.7. The molecule has 4 heteroatoms.